The third kappa shape index (κ3) is 3.82. The van der Waals surface area contributed by atoms with Crippen molar-refractivity contribution in [3.63, 3.8) is 0 Å². The van der Waals surface area contributed by atoms with E-state index in [-0.39, 0.29) is 11.8 Å². The molecule has 2 heterocycles. The molecule has 0 unspecified atom stereocenters. The van der Waals surface area contributed by atoms with Gasteiger partial charge in [0.15, 0.2) is 0 Å². The van der Waals surface area contributed by atoms with Crippen molar-refractivity contribution in [1.29, 1.82) is 0 Å². The first kappa shape index (κ1) is 16.6. The Kier molecular flexibility index (Phi) is 5.25. The number of nitrogens with zero attached hydrogens (tertiary/aromatic N) is 3. The number of nitrogens with one attached hydrogen (secondary N) is 1. The van der Waals surface area contributed by atoms with Gasteiger partial charge in [-0.3, -0.25) is 4.79 Å². The van der Waals surface area contributed by atoms with Crippen molar-refractivity contribution in [2.45, 2.75) is 32.1 Å². The number of thiophene rings is 1. The fraction of sp³-hybridized carbons (Fsp3) is 0.389. The number of hydrogen-bond acceptors (Lipinski definition) is 4. The van der Waals surface area contributed by atoms with Gasteiger partial charge in [-0.05, 0) is 35.2 Å². The summed E-state index contributed by atoms with van der Waals surface area (Å²) in [4.78, 5) is 12.0. The van der Waals surface area contributed by atoms with Gasteiger partial charge in [-0.25, -0.2) is 0 Å². The van der Waals surface area contributed by atoms with Crippen LogP contribution >= 0.6 is 11.3 Å². The Hall–Kier alpha value is -2.21. The molecule has 24 heavy (non-hydrogen) atoms. The molecule has 0 saturated carbocycles. The van der Waals surface area contributed by atoms with E-state index in [0.29, 0.717) is 13.0 Å². The van der Waals surface area contributed by atoms with Crippen LogP contribution < -0.4 is 5.32 Å². The van der Waals surface area contributed by atoms with Crippen LogP contribution in [0.15, 0.2) is 36.0 Å². The van der Waals surface area contributed by atoms with E-state index in [9.17, 15) is 4.79 Å². The molecule has 0 radical (unpaired) electrons. The average molecular weight is 342 g/mol. The Bertz CT molecular complexity index is 823. The maximum atomic E-state index is 12.0. The largest absolute Gasteiger partial charge is 0.355 e. The molecule has 3 rings (SSSR count). The monoisotopic (exact) mass is 342 g/mol. The number of fused-ring (bicyclic) bond motifs is 1. The minimum absolute atomic E-state index is 0.101. The number of carbonyl (C=O) groups excluding carboxylic acids is 1. The van der Waals surface area contributed by atoms with Crippen LogP contribution in [-0.2, 0) is 18.3 Å². The van der Waals surface area contributed by atoms with Crippen LogP contribution in [0.1, 0.15) is 37.1 Å². The lowest BCUT2D eigenvalue weighted by molar-refractivity contribution is -0.121. The number of aryl methyl sites for hydroxylation is 2. The van der Waals surface area contributed by atoms with Crippen LogP contribution in [-0.4, -0.2) is 27.2 Å². The van der Waals surface area contributed by atoms with E-state index < -0.39 is 0 Å². The molecule has 2 aromatic heterocycles. The van der Waals surface area contributed by atoms with Gasteiger partial charge in [0.2, 0.25) is 5.91 Å². The summed E-state index contributed by atoms with van der Waals surface area (Å²) >= 11 is 1.77. The fourth-order valence-electron chi connectivity index (χ4n) is 2.85. The predicted molar refractivity (Wildman–Crippen MR) is 97.2 cm³/mol. The van der Waals surface area contributed by atoms with Crippen molar-refractivity contribution >= 4 is 27.3 Å². The molecule has 0 aliphatic rings. The highest BCUT2D eigenvalue weighted by atomic mass is 32.1. The number of aromatic nitrogens is 3. The third-order valence-electron chi connectivity index (χ3n) is 4.20. The molecule has 6 heteroatoms. The SMILES string of the molecule is C[C@@H](CNC(=O)CCCc1csc2ccccc12)c1nncn1C. The predicted octanol–water partition coefficient (Wildman–Crippen LogP) is 3.27. The molecule has 1 aromatic carbocycles. The number of amides is 1. The van der Waals surface area contributed by atoms with Gasteiger partial charge in [0.05, 0.1) is 0 Å². The quantitative estimate of drug-likeness (QED) is 0.717. The van der Waals surface area contributed by atoms with Gasteiger partial charge in [0.25, 0.3) is 0 Å². The summed E-state index contributed by atoms with van der Waals surface area (Å²) in [5.41, 5.74) is 1.34. The van der Waals surface area contributed by atoms with E-state index in [4.69, 9.17) is 0 Å². The number of hydrogen-bond donors (Lipinski definition) is 1. The molecule has 1 amide bonds. The highest BCUT2D eigenvalue weighted by molar-refractivity contribution is 7.17. The topological polar surface area (TPSA) is 59.8 Å². The Morgan fingerprint density at radius 1 is 1.38 bits per heavy atom. The van der Waals surface area contributed by atoms with Crippen LogP contribution in [0.4, 0.5) is 0 Å². The molecular formula is C18H22N4OS. The van der Waals surface area contributed by atoms with Gasteiger partial charge in [0.1, 0.15) is 12.2 Å². The highest BCUT2D eigenvalue weighted by Crippen LogP contribution is 2.26. The normalized spacial score (nSPS) is 12.4. The molecule has 0 bridgehead atoms. The van der Waals surface area contributed by atoms with E-state index >= 15 is 0 Å². The summed E-state index contributed by atoms with van der Waals surface area (Å²) in [6.45, 7) is 2.63. The number of benzene rings is 1. The zero-order chi connectivity index (χ0) is 16.9. The van der Waals surface area contributed by atoms with Gasteiger partial charge in [-0.2, -0.15) is 0 Å². The maximum Gasteiger partial charge on any atom is 0.220 e. The van der Waals surface area contributed by atoms with E-state index in [1.165, 1.54) is 15.6 Å². The summed E-state index contributed by atoms with van der Waals surface area (Å²) in [6.07, 6.45) is 4.04. The van der Waals surface area contributed by atoms with Crippen molar-refractivity contribution in [2.24, 2.45) is 7.05 Å². The van der Waals surface area contributed by atoms with Crippen LogP contribution in [0.2, 0.25) is 0 Å². The minimum Gasteiger partial charge on any atom is -0.355 e. The second-order valence-electron chi connectivity index (χ2n) is 6.12. The summed E-state index contributed by atoms with van der Waals surface area (Å²) in [5.74, 6) is 1.14. The van der Waals surface area contributed by atoms with Crippen molar-refractivity contribution < 1.29 is 4.79 Å². The van der Waals surface area contributed by atoms with Gasteiger partial charge in [-0.1, -0.05) is 25.1 Å². The second-order valence-corrected chi connectivity index (χ2v) is 7.03. The molecule has 1 atom stereocenters. The number of carbonyl (C=O) groups is 1. The van der Waals surface area contributed by atoms with Crippen LogP contribution in [0.5, 0.6) is 0 Å². The Morgan fingerprint density at radius 3 is 3.00 bits per heavy atom. The molecule has 0 aliphatic carbocycles. The van der Waals surface area contributed by atoms with Crippen molar-refractivity contribution in [2.75, 3.05) is 6.54 Å². The highest BCUT2D eigenvalue weighted by Gasteiger charge is 2.12. The lowest BCUT2D eigenvalue weighted by Gasteiger charge is -2.11. The minimum atomic E-state index is 0.101. The Morgan fingerprint density at radius 2 is 2.21 bits per heavy atom. The van der Waals surface area contributed by atoms with Gasteiger partial charge >= 0.3 is 0 Å². The Balaban J connectivity index is 1.44. The smallest absolute Gasteiger partial charge is 0.220 e. The lowest BCUT2D eigenvalue weighted by Crippen LogP contribution is -2.28. The molecule has 5 nitrogen and oxygen atoms in total. The summed E-state index contributed by atoms with van der Waals surface area (Å²) in [7, 11) is 1.92. The molecule has 126 valence electrons. The molecule has 3 aromatic rings. The van der Waals surface area contributed by atoms with E-state index in [2.05, 4.69) is 45.2 Å². The second kappa shape index (κ2) is 7.57. The van der Waals surface area contributed by atoms with Gasteiger partial charge in [0, 0.05) is 30.6 Å². The van der Waals surface area contributed by atoms with Crippen LogP contribution in [0, 0.1) is 0 Å². The van der Waals surface area contributed by atoms with Crippen LogP contribution in [0.25, 0.3) is 10.1 Å². The van der Waals surface area contributed by atoms with Gasteiger partial charge in [-0.15, -0.1) is 21.5 Å². The van der Waals surface area contributed by atoms with E-state index in [1.807, 2.05) is 18.5 Å². The summed E-state index contributed by atoms with van der Waals surface area (Å²) < 4.78 is 3.20. The molecular weight excluding hydrogens is 320 g/mol. The summed E-state index contributed by atoms with van der Waals surface area (Å²) in [5, 5.41) is 14.5. The molecule has 0 aliphatic heterocycles. The van der Waals surface area contributed by atoms with Crippen molar-refractivity contribution in [1.82, 2.24) is 20.1 Å². The molecule has 0 spiro atoms. The Labute approximate surface area is 145 Å². The van der Waals surface area contributed by atoms with Crippen molar-refractivity contribution in [3.8, 4) is 0 Å². The standard InChI is InChI=1S/C18H22N4OS/c1-13(18-21-20-12-22(18)2)10-19-17(23)9-5-6-14-11-24-16-8-4-3-7-15(14)16/h3-4,7-8,11-13H,5-6,9-10H2,1-2H3,(H,19,23)/t13-/m0/s1. The zero-order valence-electron chi connectivity index (χ0n) is 14.0. The first-order valence-electron chi connectivity index (χ1n) is 8.21. The van der Waals surface area contributed by atoms with Crippen LogP contribution in [0.3, 0.4) is 0 Å². The van der Waals surface area contributed by atoms with E-state index in [0.717, 1.165) is 18.7 Å². The average Bonchev–Trinajstić information content (AvgIpc) is 3.19. The van der Waals surface area contributed by atoms with E-state index in [1.54, 1.807) is 17.7 Å². The molecule has 1 N–H and O–H groups in total. The first-order valence-corrected chi connectivity index (χ1v) is 9.09. The summed E-state index contributed by atoms with van der Waals surface area (Å²) in [6, 6.07) is 8.43. The zero-order valence-corrected chi connectivity index (χ0v) is 14.8. The third-order valence-corrected chi connectivity index (χ3v) is 5.22. The van der Waals surface area contributed by atoms with Gasteiger partial charge < -0.3 is 9.88 Å². The molecule has 0 fully saturated rings. The van der Waals surface area contributed by atoms with Crippen molar-refractivity contribution in [3.05, 3.63) is 47.4 Å². The first-order chi connectivity index (χ1) is 11.6. The maximum absolute atomic E-state index is 12.0. The fourth-order valence-corrected chi connectivity index (χ4v) is 3.85. The lowest BCUT2D eigenvalue weighted by atomic mass is 10.1. The number of rotatable bonds is 7. The molecule has 0 saturated heterocycles.